The lowest BCUT2D eigenvalue weighted by Gasteiger charge is -2.09. The van der Waals surface area contributed by atoms with Gasteiger partial charge in [0, 0.05) is 12.1 Å². The summed E-state index contributed by atoms with van der Waals surface area (Å²) in [4.78, 5) is 11.5. The molecule has 1 aromatic rings. The van der Waals surface area contributed by atoms with Gasteiger partial charge in [0.05, 0.1) is 5.56 Å². The van der Waals surface area contributed by atoms with Crippen LogP contribution in [0, 0.1) is 5.41 Å². The molecule has 5 N–H and O–H groups in total. The average Bonchev–Trinajstić information content (AvgIpc) is 2.28. The van der Waals surface area contributed by atoms with Crippen LogP contribution < -0.4 is 16.2 Å². The number of anilines is 1. The third-order valence-electron chi connectivity index (χ3n) is 2.25. The normalized spacial score (nSPS) is 9.94. The molecule has 0 aliphatic heterocycles. The minimum atomic E-state index is -0.320. The number of nitrogens with one attached hydrogen (secondary N) is 1. The van der Waals surface area contributed by atoms with Crippen LogP contribution in [-0.2, 0) is 4.79 Å². The molecule has 0 unspecified atom stereocenters. The van der Waals surface area contributed by atoms with E-state index < -0.39 is 0 Å². The largest absolute Gasteiger partial charge is 0.426 e. The number of nitrogens with two attached hydrogens (primary N) is 2. The number of benzene rings is 1. The Morgan fingerprint density at radius 2 is 2.18 bits per heavy atom. The number of carbonyl (C=O) groups excluding carboxylic acids is 1. The molecule has 0 heterocycles. The number of hydrogen-bond acceptors (Lipinski definition) is 4. The summed E-state index contributed by atoms with van der Waals surface area (Å²) in [6.07, 6.45) is 2.07. The van der Waals surface area contributed by atoms with E-state index in [0.29, 0.717) is 17.7 Å². The van der Waals surface area contributed by atoms with Crippen molar-refractivity contribution < 1.29 is 9.53 Å². The van der Waals surface area contributed by atoms with Crippen LogP contribution in [-0.4, -0.2) is 11.8 Å². The van der Waals surface area contributed by atoms with Gasteiger partial charge in [0.1, 0.15) is 11.6 Å². The van der Waals surface area contributed by atoms with Crippen molar-refractivity contribution in [3.05, 3.63) is 23.8 Å². The van der Waals surface area contributed by atoms with Crippen LogP contribution in [0.5, 0.6) is 5.75 Å². The number of esters is 1. The van der Waals surface area contributed by atoms with E-state index in [1.807, 2.05) is 6.92 Å². The zero-order valence-corrected chi connectivity index (χ0v) is 9.82. The van der Waals surface area contributed by atoms with E-state index in [2.05, 4.69) is 0 Å². The lowest BCUT2D eigenvalue weighted by molar-refractivity contribution is -0.134. The Hall–Kier alpha value is -2.04. The Balaban J connectivity index is 2.83. The highest BCUT2D eigenvalue weighted by molar-refractivity contribution is 5.99. The lowest BCUT2D eigenvalue weighted by atomic mass is 10.1. The smallest absolute Gasteiger partial charge is 0.311 e. The molecule has 0 saturated carbocycles. The molecule has 92 valence electrons. The number of amidine groups is 1. The molecule has 0 aliphatic carbocycles. The highest BCUT2D eigenvalue weighted by atomic mass is 16.5. The van der Waals surface area contributed by atoms with Gasteiger partial charge < -0.3 is 16.2 Å². The second-order valence-electron chi connectivity index (χ2n) is 3.75. The summed E-state index contributed by atoms with van der Waals surface area (Å²) < 4.78 is 5.15. The van der Waals surface area contributed by atoms with E-state index in [9.17, 15) is 4.79 Å². The van der Waals surface area contributed by atoms with Crippen molar-refractivity contribution >= 4 is 17.5 Å². The van der Waals surface area contributed by atoms with Crippen LogP contribution in [0.15, 0.2) is 18.2 Å². The van der Waals surface area contributed by atoms with Gasteiger partial charge in [-0.25, -0.2) is 0 Å². The molecule has 1 aromatic carbocycles. The molecule has 0 bridgehead atoms. The fourth-order valence-corrected chi connectivity index (χ4v) is 1.34. The first-order chi connectivity index (χ1) is 8.04. The number of nitrogen functional groups attached to an aromatic ring is 2. The van der Waals surface area contributed by atoms with Crippen LogP contribution >= 0.6 is 0 Å². The maximum atomic E-state index is 11.5. The molecule has 0 amide bonds. The van der Waals surface area contributed by atoms with Crippen molar-refractivity contribution in [1.29, 1.82) is 5.41 Å². The molecule has 0 radical (unpaired) electrons. The first-order valence-electron chi connectivity index (χ1n) is 5.49. The third kappa shape index (κ3) is 3.79. The second-order valence-corrected chi connectivity index (χ2v) is 3.75. The van der Waals surface area contributed by atoms with Crippen LogP contribution in [0.1, 0.15) is 31.7 Å². The van der Waals surface area contributed by atoms with Crippen LogP contribution in [0.2, 0.25) is 0 Å². The van der Waals surface area contributed by atoms with Crippen LogP contribution in [0.25, 0.3) is 0 Å². The van der Waals surface area contributed by atoms with Gasteiger partial charge in [0.2, 0.25) is 0 Å². The quantitative estimate of drug-likeness (QED) is 0.237. The van der Waals surface area contributed by atoms with Crippen LogP contribution in [0.4, 0.5) is 5.69 Å². The van der Waals surface area contributed by atoms with E-state index in [4.69, 9.17) is 21.6 Å². The zero-order valence-electron chi connectivity index (χ0n) is 9.82. The molecule has 0 atom stereocenters. The summed E-state index contributed by atoms with van der Waals surface area (Å²) in [5.41, 5.74) is 11.8. The van der Waals surface area contributed by atoms with Gasteiger partial charge in [-0.1, -0.05) is 13.3 Å². The molecule has 0 saturated heterocycles. The fraction of sp³-hybridized carbons (Fsp3) is 0.333. The van der Waals surface area contributed by atoms with Gasteiger partial charge in [-0.2, -0.15) is 0 Å². The molecule has 5 nitrogen and oxygen atoms in total. The number of rotatable bonds is 5. The maximum absolute atomic E-state index is 11.5. The Bertz CT molecular complexity index is 430. The SMILES string of the molecule is CCCCC(=O)Oc1ccc(N)cc1C(=N)N. The van der Waals surface area contributed by atoms with Crippen molar-refractivity contribution in [3.8, 4) is 5.75 Å². The lowest BCUT2D eigenvalue weighted by Crippen LogP contribution is -2.16. The monoisotopic (exact) mass is 235 g/mol. The predicted octanol–water partition coefficient (Wildman–Crippen LogP) is 1.65. The minimum Gasteiger partial charge on any atom is -0.426 e. The molecular formula is C12H17N3O2. The maximum Gasteiger partial charge on any atom is 0.311 e. The number of ether oxygens (including phenoxy) is 1. The van der Waals surface area contributed by atoms with Crippen molar-refractivity contribution in [2.45, 2.75) is 26.2 Å². The summed E-state index contributed by atoms with van der Waals surface area (Å²) >= 11 is 0. The van der Waals surface area contributed by atoms with Gasteiger partial charge >= 0.3 is 5.97 Å². The predicted molar refractivity (Wildman–Crippen MR) is 67.0 cm³/mol. The molecule has 0 fully saturated rings. The Labute approximate surface area is 100 Å². The number of unbranched alkanes of at least 4 members (excludes halogenated alkanes) is 1. The van der Waals surface area contributed by atoms with Crippen LogP contribution in [0.3, 0.4) is 0 Å². The average molecular weight is 235 g/mol. The number of hydrogen-bond donors (Lipinski definition) is 3. The molecule has 0 aromatic heterocycles. The summed E-state index contributed by atoms with van der Waals surface area (Å²) in [6, 6.07) is 4.68. The van der Waals surface area contributed by atoms with Crippen molar-refractivity contribution in [2.75, 3.05) is 5.73 Å². The van der Waals surface area contributed by atoms with Crippen molar-refractivity contribution in [1.82, 2.24) is 0 Å². The summed E-state index contributed by atoms with van der Waals surface area (Å²) in [7, 11) is 0. The minimum absolute atomic E-state index is 0.171. The first kappa shape index (κ1) is 13.0. The van der Waals surface area contributed by atoms with Gasteiger partial charge in [-0.3, -0.25) is 10.2 Å². The molecule has 1 rings (SSSR count). The molecule has 0 aliphatic rings. The van der Waals surface area contributed by atoms with E-state index in [1.54, 1.807) is 12.1 Å². The van der Waals surface area contributed by atoms with Gasteiger partial charge in [-0.05, 0) is 24.6 Å². The molecular weight excluding hydrogens is 218 g/mol. The van der Waals surface area contributed by atoms with E-state index in [1.165, 1.54) is 6.07 Å². The Morgan fingerprint density at radius 3 is 2.76 bits per heavy atom. The first-order valence-corrected chi connectivity index (χ1v) is 5.49. The second kappa shape index (κ2) is 5.89. The Kier molecular flexibility index (Phi) is 4.51. The standard InChI is InChI=1S/C12H17N3O2/c1-2-3-4-11(16)17-10-6-5-8(13)7-9(10)12(14)15/h5-7H,2-4,13H2,1H3,(H3,14,15). The van der Waals surface area contributed by atoms with E-state index in [-0.39, 0.29) is 17.6 Å². The fourth-order valence-electron chi connectivity index (χ4n) is 1.34. The van der Waals surface area contributed by atoms with Gasteiger partial charge in [0.15, 0.2) is 0 Å². The van der Waals surface area contributed by atoms with E-state index >= 15 is 0 Å². The van der Waals surface area contributed by atoms with Gasteiger partial charge in [0.25, 0.3) is 0 Å². The van der Waals surface area contributed by atoms with E-state index in [0.717, 1.165) is 12.8 Å². The van der Waals surface area contributed by atoms with Crippen molar-refractivity contribution in [2.24, 2.45) is 5.73 Å². The summed E-state index contributed by atoms with van der Waals surface area (Å²) in [5.74, 6) is -0.206. The summed E-state index contributed by atoms with van der Waals surface area (Å²) in [6.45, 7) is 2.00. The molecule has 0 spiro atoms. The molecule has 5 heteroatoms. The third-order valence-corrected chi connectivity index (χ3v) is 2.25. The Morgan fingerprint density at radius 1 is 1.47 bits per heavy atom. The summed E-state index contributed by atoms with van der Waals surface area (Å²) in [5, 5.41) is 7.39. The number of carbonyl (C=O) groups is 1. The molecule has 17 heavy (non-hydrogen) atoms. The zero-order chi connectivity index (χ0) is 12.8. The topological polar surface area (TPSA) is 102 Å². The van der Waals surface area contributed by atoms with Crippen molar-refractivity contribution in [3.63, 3.8) is 0 Å². The van der Waals surface area contributed by atoms with Gasteiger partial charge in [-0.15, -0.1) is 0 Å². The highest BCUT2D eigenvalue weighted by Crippen LogP contribution is 2.21. The highest BCUT2D eigenvalue weighted by Gasteiger charge is 2.11.